The number of aromatic nitrogens is 1. The maximum atomic E-state index is 5.61. The zero-order valence-electron chi connectivity index (χ0n) is 15.2. The van der Waals surface area contributed by atoms with Crippen molar-refractivity contribution in [1.82, 2.24) is 4.98 Å². The minimum atomic E-state index is 0.637. The Hall–Kier alpha value is -1.23. The summed E-state index contributed by atoms with van der Waals surface area (Å²) in [6.07, 6.45) is 11.3. The van der Waals surface area contributed by atoms with Crippen LogP contribution in [0.2, 0.25) is 0 Å². The molecule has 0 amide bonds. The highest BCUT2D eigenvalue weighted by Crippen LogP contribution is 2.32. The predicted octanol–water partition coefficient (Wildman–Crippen LogP) is 4.74. The number of ether oxygens (including phenoxy) is 1. The molecule has 1 unspecified atom stereocenters. The summed E-state index contributed by atoms with van der Waals surface area (Å²) in [6, 6.07) is 6.68. The van der Waals surface area contributed by atoms with E-state index in [0.29, 0.717) is 12.5 Å². The van der Waals surface area contributed by atoms with Crippen LogP contribution in [-0.2, 0) is 17.6 Å². The Bertz CT molecular complexity index is 688. The molecule has 4 heteroatoms. The summed E-state index contributed by atoms with van der Waals surface area (Å²) in [5.41, 5.74) is 8.16. The van der Waals surface area contributed by atoms with Crippen LogP contribution in [0.4, 0.5) is 0 Å². The van der Waals surface area contributed by atoms with Crippen molar-refractivity contribution in [3.63, 3.8) is 0 Å². The maximum absolute atomic E-state index is 5.61. The topological polar surface area (TPSA) is 48.1 Å². The first kappa shape index (κ1) is 18.6. The Morgan fingerprint density at radius 1 is 1.32 bits per heavy atom. The third-order valence-electron chi connectivity index (χ3n) is 5.31. The number of rotatable bonds is 8. The molecule has 1 atom stereocenters. The molecule has 1 saturated heterocycles. The highest BCUT2D eigenvalue weighted by molar-refractivity contribution is 7.18. The molecule has 3 nitrogen and oxygen atoms in total. The molecule has 0 spiro atoms. The van der Waals surface area contributed by atoms with Gasteiger partial charge in [0, 0.05) is 19.8 Å². The van der Waals surface area contributed by atoms with E-state index in [-0.39, 0.29) is 0 Å². The number of allylic oxidation sites excluding steroid dienone is 1. The molecule has 1 fully saturated rings. The van der Waals surface area contributed by atoms with Crippen molar-refractivity contribution in [2.45, 2.75) is 45.4 Å². The van der Waals surface area contributed by atoms with Gasteiger partial charge in [-0.1, -0.05) is 25.1 Å². The fraction of sp³-hybridized carbons (Fsp3) is 0.571. The Morgan fingerprint density at radius 3 is 2.92 bits per heavy atom. The minimum Gasteiger partial charge on any atom is -0.381 e. The van der Waals surface area contributed by atoms with Gasteiger partial charge in [-0.25, -0.2) is 4.98 Å². The number of thiazole rings is 1. The number of nitrogens with zero attached hydrogens (tertiary/aromatic N) is 1. The zero-order valence-corrected chi connectivity index (χ0v) is 16.1. The first-order valence-electron chi connectivity index (χ1n) is 9.61. The molecule has 0 bridgehead atoms. The molecular formula is C21H30N2OS. The molecule has 1 aromatic heterocycles. The molecular weight excluding hydrogens is 328 g/mol. The summed E-state index contributed by atoms with van der Waals surface area (Å²) in [6.45, 7) is 4.68. The molecule has 2 heterocycles. The van der Waals surface area contributed by atoms with E-state index < -0.39 is 0 Å². The number of fused-ring (bicyclic) bond motifs is 1. The second kappa shape index (κ2) is 9.46. The first-order chi connectivity index (χ1) is 12.3. The van der Waals surface area contributed by atoms with Crippen molar-refractivity contribution < 1.29 is 4.74 Å². The van der Waals surface area contributed by atoms with Crippen molar-refractivity contribution in [3.05, 3.63) is 40.9 Å². The predicted molar refractivity (Wildman–Crippen MR) is 107 cm³/mol. The van der Waals surface area contributed by atoms with Crippen LogP contribution >= 0.6 is 11.3 Å². The van der Waals surface area contributed by atoms with Crippen LogP contribution in [0.25, 0.3) is 10.2 Å². The van der Waals surface area contributed by atoms with Crippen LogP contribution in [-0.4, -0.2) is 24.7 Å². The molecule has 3 rings (SSSR count). The lowest BCUT2D eigenvalue weighted by atomic mass is 9.81. The summed E-state index contributed by atoms with van der Waals surface area (Å²) >= 11 is 1.87. The van der Waals surface area contributed by atoms with Gasteiger partial charge in [0.1, 0.15) is 0 Å². The van der Waals surface area contributed by atoms with Crippen LogP contribution in [0.1, 0.15) is 43.2 Å². The first-order valence-corrected chi connectivity index (χ1v) is 10.4. The van der Waals surface area contributed by atoms with Crippen molar-refractivity contribution >= 4 is 21.6 Å². The van der Waals surface area contributed by atoms with E-state index in [4.69, 9.17) is 15.5 Å². The molecule has 0 radical (unpaired) electrons. The van der Waals surface area contributed by atoms with Crippen molar-refractivity contribution in [3.8, 4) is 0 Å². The van der Waals surface area contributed by atoms with Crippen LogP contribution in [0, 0.1) is 11.8 Å². The Morgan fingerprint density at radius 2 is 2.16 bits per heavy atom. The van der Waals surface area contributed by atoms with E-state index in [1.807, 2.05) is 11.3 Å². The van der Waals surface area contributed by atoms with E-state index in [1.165, 1.54) is 34.5 Å². The normalized spacial score (nSPS) is 17.5. The van der Waals surface area contributed by atoms with Gasteiger partial charge in [-0.15, -0.1) is 11.3 Å². The van der Waals surface area contributed by atoms with Gasteiger partial charge in [0.05, 0.1) is 15.2 Å². The van der Waals surface area contributed by atoms with Crippen LogP contribution in [0.3, 0.4) is 0 Å². The fourth-order valence-corrected chi connectivity index (χ4v) is 4.80. The summed E-state index contributed by atoms with van der Waals surface area (Å²) in [7, 11) is 0. The van der Waals surface area contributed by atoms with Crippen LogP contribution in [0.5, 0.6) is 0 Å². The molecule has 25 heavy (non-hydrogen) atoms. The van der Waals surface area contributed by atoms with E-state index in [9.17, 15) is 0 Å². The van der Waals surface area contributed by atoms with Gasteiger partial charge in [0.25, 0.3) is 0 Å². The lowest BCUT2D eigenvalue weighted by Gasteiger charge is -2.29. The van der Waals surface area contributed by atoms with Gasteiger partial charge in [0.15, 0.2) is 0 Å². The number of benzene rings is 1. The molecule has 2 aromatic rings. The van der Waals surface area contributed by atoms with E-state index in [2.05, 4.69) is 37.3 Å². The van der Waals surface area contributed by atoms with Gasteiger partial charge < -0.3 is 10.5 Å². The van der Waals surface area contributed by atoms with Crippen LogP contribution in [0.15, 0.2) is 30.4 Å². The second-order valence-electron chi connectivity index (χ2n) is 6.95. The summed E-state index contributed by atoms with van der Waals surface area (Å²) < 4.78 is 6.89. The summed E-state index contributed by atoms with van der Waals surface area (Å²) in [5, 5.41) is 1.28. The quantitative estimate of drug-likeness (QED) is 0.693. The third kappa shape index (κ3) is 5.13. The van der Waals surface area contributed by atoms with Gasteiger partial charge in [-0.3, -0.25) is 0 Å². The second-order valence-corrected chi connectivity index (χ2v) is 8.07. The van der Waals surface area contributed by atoms with E-state index in [1.54, 1.807) is 0 Å². The standard InChI is InChI=1S/C21H30N2OS/c1-2-16-6-8-19-20(15-16)25-21(23-19)9-7-17(5-3-4-12-22)18-10-13-24-14-11-18/h3-4,6,8,15,17-18H,2,5,7,9-14,22H2,1H3/b4-3+. The van der Waals surface area contributed by atoms with Gasteiger partial charge >= 0.3 is 0 Å². The van der Waals surface area contributed by atoms with E-state index >= 15 is 0 Å². The number of hydrogen-bond donors (Lipinski definition) is 1. The number of hydrogen-bond acceptors (Lipinski definition) is 4. The van der Waals surface area contributed by atoms with Crippen molar-refractivity contribution in [1.29, 1.82) is 0 Å². The molecule has 1 aromatic carbocycles. The molecule has 0 aliphatic carbocycles. The molecule has 1 aliphatic rings. The molecule has 1 aliphatic heterocycles. The van der Waals surface area contributed by atoms with Crippen molar-refractivity contribution in [2.24, 2.45) is 17.6 Å². The monoisotopic (exact) mass is 358 g/mol. The largest absolute Gasteiger partial charge is 0.381 e. The zero-order chi connectivity index (χ0) is 17.5. The molecule has 2 N–H and O–H groups in total. The Labute approximate surface area is 155 Å². The lowest BCUT2D eigenvalue weighted by Crippen LogP contribution is -2.23. The highest BCUT2D eigenvalue weighted by Gasteiger charge is 2.23. The minimum absolute atomic E-state index is 0.637. The third-order valence-corrected chi connectivity index (χ3v) is 6.39. The SMILES string of the molecule is CCc1ccc2nc(CCC(C/C=C/CN)C3CCOCC3)sc2c1. The van der Waals surface area contributed by atoms with Gasteiger partial charge in [-0.05, 0) is 68.1 Å². The number of aryl methyl sites for hydroxylation is 2. The van der Waals surface area contributed by atoms with Crippen LogP contribution < -0.4 is 5.73 Å². The van der Waals surface area contributed by atoms with Gasteiger partial charge in [0.2, 0.25) is 0 Å². The Balaban J connectivity index is 1.65. The maximum Gasteiger partial charge on any atom is 0.0938 e. The fourth-order valence-electron chi connectivity index (χ4n) is 3.75. The smallest absolute Gasteiger partial charge is 0.0938 e. The average molecular weight is 359 g/mol. The van der Waals surface area contributed by atoms with E-state index in [0.717, 1.165) is 43.9 Å². The summed E-state index contributed by atoms with van der Waals surface area (Å²) in [4.78, 5) is 4.86. The molecule has 136 valence electrons. The average Bonchev–Trinajstić information content (AvgIpc) is 3.07. The number of nitrogens with two attached hydrogens (primary N) is 1. The van der Waals surface area contributed by atoms with Crippen molar-refractivity contribution in [2.75, 3.05) is 19.8 Å². The Kier molecular flexibility index (Phi) is 7.02. The highest BCUT2D eigenvalue weighted by atomic mass is 32.1. The lowest BCUT2D eigenvalue weighted by molar-refractivity contribution is 0.0454. The van der Waals surface area contributed by atoms with Gasteiger partial charge in [-0.2, -0.15) is 0 Å². The molecule has 0 saturated carbocycles. The summed E-state index contributed by atoms with van der Waals surface area (Å²) in [5.74, 6) is 1.49.